The first-order chi connectivity index (χ1) is 11.1. The predicted molar refractivity (Wildman–Crippen MR) is 90.5 cm³/mol. The second-order valence-corrected chi connectivity index (χ2v) is 6.36. The Balaban J connectivity index is 1.79. The fraction of sp³-hybridized carbons (Fsp3) is 0.412. The maximum absolute atomic E-state index is 12.8. The first-order valence-corrected chi connectivity index (χ1v) is 8.41. The summed E-state index contributed by atoms with van der Waals surface area (Å²) in [6, 6.07) is 7.46. The third-order valence-electron chi connectivity index (χ3n) is 4.57. The molecule has 0 aliphatic carbocycles. The monoisotopic (exact) mass is 333 g/mol. The van der Waals surface area contributed by atoms with Gasteiger partial charge in [-0.2, -0.15) is 5.10 Å². The van der Waals surface area contributed by atoms with E-state index in [1.54, 1.807) is 15.8 Å². The fourth-order valence-corrected chi connectivity index (χ4v) is 3.14. The van der Waals surface area contributed by atoms with Gasteiger partial charge < -0.3 is 9.80 Å². The van der Waals surface area contributed by atoms with Crippen molar-refractivity contribution in [2.75, 3.05) is 32.7 Å². The minimum absolute atomic E-state index is 0.0814. The molecule has 1 saturated heterocycles. The summed E-state index contributed by atoms with van der Waals surface area (Å²) in [7, 11) is 0. The highest BCUT2D eigenvalue weighted by Gasteiger charge is 2.26. The molecule has 0 spiro atoms. The minimum Gasteiger partial charge on any atom is -0.332 e. The molecule has 122 valence electrons. The van der Waals surface area contributed by atoms with E-state index in [1.165, 1.54) is 0 Å². The molecule has 0 bridgehead atoms. The van der Waals surface area contributed by atoms with E-state index in [0.29, 0.717) is 10.6 Å². The van der Waals surface area contributed by atoms with Crippen LogP contribution in [0.1, 0.15) is 23.0 Å². The number of halogens is 1. The van der Waals surface area contributed by atoms with Gasteiger partial charge in [0.2, 0.25) is 0 Å². The predicted octanol–water partition coefficient (Wildman–Crippen LogP) is 1.19. The zero-order valence-electron chi connectivity index (χ0n) is 13.6. The van der Waals surface area contributed by atoms with Gasteiger partial charge in [0.1, 0.15) is 0 Å². The molecule has 1 fully saturated rings. The van der Waals surface area contributed by atoms with Crippen molar-refractivity contribution in [3.05, 3.63) is 46.7 Å². The van der Waals surface area contributed by atoms with Crippen LogP contribution in [0.5, 0.6) is 0 Å². The van der Waals surface area contributed by atoms with Crippen molar-refractivity contribution in [1.82, 2.24) is 14.7 Å². The molecule has 5 nitrogen and oxygen atoms in total. The van der Waals surface area contributed by atoms with Gasteiger partial charge in [0.25, 0.3) is 5.91 Å². The van der Waals surface area contributed by atoms with Crippen molar-refractivity contribution in [1.29, 1.82) is 0 Å². The largest absolute Gasteiger partial charge is 0.332 e. The molecular weight excluding hydrogens is 312 g/mol. The van der Waals surface area contributed by atoms with Crippen LogP contribution in [-0.4, -0.2) is 53.3 Å². The van der Waals surface area contributed by atoms with Crippen molar-refractivity contribution < 1.29 is 9.69 Å². The molecule has 0 saturated carbocycles. The smallest absolute Gasteiger partial charge is 0.257 e. The third-order valence-corrected chi connectivity index (χ3v) is 4.82. The van der Waals surface area contributed by atoms with Gasteiger partial charge >= 0.3 is 0 Å². The number of hydrogen-bond donors (Lipinski definition) is 1. The van der Waals surface area contributed by atoms with Crippen LogP contribution in [0.3, 0.4) is 0 Å². The average molecular weight is 334 g/mol. The van der Waals surface area contributed by atoms with Crippen molar-refractivity contribution >= 4 is 17.5 Å². The molecule has 0 atom stereocenters. The molecule has 2 heterocycles. The Morgan fingerprint density at radius 2 is 1.91 bits per heavy atom. The van der Waals surface area contributed by atoms with Gasteiger partial charge in [-0.25, -0.2) is 4.68 Å². The molecule has 1 amide bonds. The van der Waals surface area contributed by atoms with E-state index in [0.717, 1.165) is 44.1 Å². The maximum Gasteiger partial charge on any atom is 0.257 e. The summed E-state index contributed by atoms with van der Waals surface area (Å²) in [6.07, 6.45) is 1.67. The fourth-order valence-electron chi connectivity index (χ4n) is 3.01. The van der Waals surface area contributed by atoms with Crippen molar-refractivity contribution in [3.63, 3.8) is 0 Å². The number of rotatable bonds is 3. The second kappa shape index (κ2) is 6.72. The summed E-state index contributed by atoms with van der Waals surface area (Å²) in [5.41, 5.74) is 2.45. The highest BCUT2D eigenvalue weighted by Crippen LogP contribution is 2.18. The van der Waals surface area contributed by atoms with Crippen LogP contribution in [0.4, 0.5) is 0 Å². The molecule has 3 rings (SSSR count). The lowest BCUT2D eigenvalue weighted by atomic mass is 10.2. The standard InChI is InChI=1S/C17H21ClN4O/c1-3-20-8-10-21(11-9-20)17(23)16-12-19-22(13(16)2)15-6-4-14(18)5-7-15/h4-7,12H,3,8-11H2,1-2H3/p+1. The van der Waals surface area contributed by atoms with Gasteiger partial charge in [0.05, 0.1) is 55.9 Å². The zero-order chi connectivity index (χ0) is 16.4. The van der Waals surface area contributed by atoms with Crippen molar-refractivity contribution in [3.8, 4) is 5.69 Å². The van der Waals surface area contributed by atoms with E-state index in [1.807, 2.05) is 36.1 Å². The zero-order valence-corrected chi connectivity index (χ0v) is 14.3. The number of quaternary nitrogens is 1. The molecule has 0 unspecified atom stereocenters. The first kappa shape index (κ1) is 16.0. The molecule has 1 aromatic carbocycles. The third kappa shape index (κ3) is 3.26. The molecule has 1 aromatic heterocycles. The Labute approximate surface area is 141 Å². The van der Waals surface area contributed by atoms with Crippen LogP contribution in [0, 0.1) is 6.92 Å². The van der Waals surface area contributed by atoms with Crippen LogP contribution in [0.25, 0.3) is 5.69 Å². The molecule has 2 aromatic rings. The van der Waals surface area contributed by atoms with Crippen molar-refractivity contribution in [2.24, 2.45) is 0 Å². The number of likely N-dealkylation sites (N-methyl/N-ethyl adjacent to an activating group) is 1. The Bertz CT molecular complexity index is 687. The number of benzene rings is 1. The van der Waals surface area contributed by atoms with Gasteiger partial charge in [0, 0.05) is 5.02 Å². The molecule has 1 aliphatic heterocycles. The molecule has 0 radical (unpaired) electrons. The highest BCUT2D eigenvalue weighted by molar-refractivity contribution is 6.30. The maximum atomic E-state index is 12.8. The Morgan fingerprint density at radius 1 is 1.26 bits per heavy atom. The highest BCUT2D eigenvalue weighted by atomic mass is 35.5. The lowest BCUT2D eigenvalue weighted by Gasteiger charge is -2.31. The summed E-state index contributed by atoms with van der Waals surface area (Å²) >= 11 is 5.93. The second-order valence-electron chi connectivity index (χ2n) is 5.93. The van der Waals surface area contributed by atoms with Crippen LogP contribution >= 0.6 is 11.6 Å². The quantitative estimate of drug-likeness (QED) is 0.917. The van der Waals surface area contributed by atoms with E-state index in [4.69, 9.17) is 11.6 Å². The number of aromatic nitrogens is 2. The average Bonchev–Trinajstić information content (AvgIpc) is 2.96. The Morgan fingerprint density at radius 3 is 2.52 bits per heavy atom. The summed E-state index contributed by atoms with van der Waals surface area (Å²) in [6.45, 7) is 8.91. The number of carbonyl (C=O) groups is 1. The first-order valence-electron chi connectivity index (χ1n) is 8.03. The lowest BCUT2D eigenvalue weighted by molar-refractivity contribution is -0.902. The number of amides is 1. The van der Waals surface area contributed by atoms with Gasteiger partial charge in [-0.05, 0) is 38.1 Å². The topological polar surface area (TPSA) is 42.6 Å². The summed E-state index contributed by atoms with van der Waals surface area (Å²) < 4.78 is 1.79. The molecule has 1 aliphatic rings. The van der Waals surface area contributed by atoms with Gasteiger partial charge in [-0.1, -0.05) is 11.6 Å². The molecule has 1 N–H and O–H groups in total. The normalized spacial score (nSPS) is 15.9. The van der Waals surface area contributed by atoms with E-state index in [2.05, 4.69) is 12.0 Å². The van der Waals surface area contributed by atoms with Crippen LogP contribution < -0.4 is 4.90 Å². The Hall–Kier alpha value is -1.85. The molecule has 23 heavy (non-hydrogen) atoms. The van der Waals surface area contributed by atoms with Gasteiger partial charge in [0.15, 0.2) is 0 Å². The number of carbonyl (C=O) groups excluding carboxylic acids is 1. The number of nitrogens with zero attached hydrogens (tertiary/aromatic N) is 3. The van der Waals surface area contributed by atoms with E-state index in [-0.39, 0.29) is 5.91 Å². The lowest BCUT2D eigenvalue weighted by Crippen LogP contribution is -3.14. The van der Waals surface area contributed by atoms with E-state index in [9.17, 15) is 4.79 Å². The van der Waals surface area contributed by atoms with Crippen LogP contribution in [0.15, 0.2) is 30.5 Å². The van der Waals surface area contributed by atoms with Gasteiger partial charge in [-0.3, -0.25) is 4.79 Å². The number of piperazine rings is 1. The number of nitrogens with one attached hydrogen (secondary N) is 1. The van der Waals surface area contributed by atoms with Crippen LogP contribution in [-0.2, 0) is 0 Å². The summed E-state index contributed by atoms with van der Waals surface area (Å²) in [5.74, 6) is 0.0814. The number of hydrogen-bond acceptors (Lipinski definition) is 2. The Kier molecular flexibility index (Phi) is 4.68. The minimum atomic E-state index is 0.0814. The SMILES string of the molecule is CC[NH+]1CCN(C(=O)c2cnn(-c3ccc(Cl)cc3)c2C)CC1. The summed E-state index contributed by atoms with van der Waals surface area (Å²) in [5, 5.41) is 5.07. The summed E-state index contributed by atoms with van der Waals surface area (Å²) in [4.78, 5) is 16.3. The van der Waals surface area contributed by atoms with Gasteiger partial charge in [-0.15, -0.1) is 0 Å². The van der Waals surface area contributed by atoms with Crippen molar-refractivity contribution in [2.45, 2.75) is 13.8 Å². The van der Waals surface area contributed by atoms with E-state index < -0.39 is 0 Å². The van der Waals surface area contributed by atoms with Crippen LogP contribution in [0.2, 0.25) is 5.02 Å². The molecular formula is C17H22ClN4O+. The molecule has 6 heteroatoms. The van der Waals surface area contributed by atoms with E-state index >= 15 is 0 Å².